The highest BCUT2D eigenvalue weighted by atomic mass is 19.1. The minimum absolute atomic E-state index is 0.0196. The Kier molecular flexibility index (Phi) is 3.46. The first-order valence-electron chi connectivity index (χ1n) is 5.69. The zero-order valence-corrected chi connectivity index (χ0v) is 10.6. The molecule has 7 heteroatoms. The summed E-state index contributed by atoms with van der Waals surface area (Å²) >= 11 is 0. The van der Waals surface area contributed by atoms with Crippen molar-refractivity contribution in [2.45, 2.75) is 13.0 Å². The third-order valence-electron chi connectivity index (χ3n) is 2.96. The van der Waals surface area contributed by atoms with Crippen LogP contribution in [0.1, 0.15) is 29.1 Å². The summed E-state index contributed by atoms with van der Waals surface area (Å²) in [4.78, 5) is 17.4. The molecule has 2 rings (SSSR count). The maximum atomic E-state index is 12.9. The van der Waals surface area contributed by atoms with E-state index in [0.717, 1.165) is 5.56 Å². The molecule has 1 aromatic carbocycles. The number of benzene rings is 1. The monoisotopic (exact) mass is 263 g/mol. The van der Waals surface area contributed by atoms with Crippen molar-refractivity contribution < 1.29 is 9.18 Å². The molecule has 0 aliphatic carbocycles. The summed E-state index contributed by atoms with van der Waals surface area (Å²) in [5.74, 6) is -0.547. The lowest BCUT2D eigenvalue weighted by molar-refractivity contribution is 0.0731. The summed E-state index contributed by atoms with van der Waals surface area (Å²) < 4.78 is 12.9. The van der Waals surface area contributed by atoms with Gasteiger partial charge in [0.15, 0.2) is 0 Å². The number of aromatic amines is 1. The molecule has 3 N–H and O–H groups in total. The van der Waals surface area contributed by atoms with Crippen molar-refractivity contribution in [3.8, 4) is 0 Å². The largest absolute Gasteiger partial charge is 0.366 e. The predicted octanol–water partition coefficient (Wildman–Crippen LogP) is 1.36. The number of nitrogens with one attached hydrogen (secondary N) is 1. The Morgan fingerprint density at radius 3 is 2.58 bits per heavy atom. The van der Waals surface area contributed by atoms with Crippen molar-refractivity contribution in [2.75, 3.05) is 12.8 Å². The van der Waals surface area contributed by atoms with Crippen LogP contribution in [0.15, 0.2) is 24.3 Å². The van der Waals surface area contributed by atoms with Gasteiger partial charge in [-0.1, -0.05) is 12.1 Å². The second-order valence-electron chi connectivity index (χ2n) is 4.19. The van der Waals surface area contributed by atoms with Crippen molar-refractivity contribution >= 4 is 11.9 Å². The highest BCUT2D eigenvalue weighted by Crippen LogP contribution is 2.20. The molecule has 1 amide bonds. The predicted molar refractivity (Wildman–Crippen MR) is 67.7 cm³/mol. The minimum Gasteiger partial charge on any atom is -0.366 e. The lowest BCUT2D eigenvalue weighted by atomic mass is 10.1. The van der Waals surface area contributed by atoms with Crippen LogP contribution in [0.3, 0.4) is 0 Å². The Morgan fingerprint density at radius 2 is 2.05 bits per heavy atom. The molecule has 0 saturated heterocycles. The number of carbonyl (C=O) groups excluding carboxylic acids is 1. The molecule has 1 atom stereocenters. The topological polar surface area (TPSA) is 87.9 Å². The Hall–Kier alpha value is -2.44. The number of nitrogen functional groups attached to an aromatic ring is 1. The van der Waals surface area contributed by atoms with Crippen LogP contribution in [-0.2, 0) is 0 Å². The van der Waals surface area contributed by atoms with Gasteiger partial charge in [0.2, 0.25) is 11.8 Å². The highest BCUT2D eigenvalue weighted by Gasteiger charge is 2.21. The Labute approximate surface area is 109 Å². The molecule has 0 saturated carbocycles. The fourth-order valence-electron chi connectivity index (χ4n) is 1.68. The summed E-state index contributed by atoms with van der Waals surface area (Å²) in [6, 6.07) is 5.77. The second-order valence-corrected chi connectivity index (χ2v) is 4.19. The summed E-state index contributed by atoms with van der Waals surface area (Å²) in [5, 5.41) is 6.07. The van der Waals surface area contributed by atoms with E-state index in [9.17, 15) is 9.18 Å². The van der Waals surface area contributed by atoms with E-state index in [-0.39, 0.29) is 29.5 Å². The van der Waals surface area contributed by atoms with Gasteiger partial charge in [-0.3, -0.25) is 9.89 Å². The molecular weight excluding hydrogens is 249 g/mol. The van der Waals surface area contributed by atoms with Crippen LogP contribution >= 0.6 is 0 Å². The maximum absolute atomic E-state index is 12.9. The van der Waals surface area contributed by atoms with Gasteiger partial charge in [-0.25, -0.2) is 4.39 Å². The van der Waals surface area contributed by atoms with Crippen LogP contribution in [0.2, 0.25) is 0 Å². The van der Waals surface area contributed by atoms with Crippen molar-refractivity contribution in [3.63, 3.8) is 0 Å². The van der Waals surface area contributed by atoms with Gasteiger partial charge in [0.25, 0.3) is 5.91 Å². The Morgan fingerprint density at radius 1 is 1.42 bits per heavy atom. The molecule has 1 aromatic heterocycles. The number of amides is 1. The van der Waals surface area contributed by atoms with Crippen LogP contribution in [0.5, 0.6) is 0 Å². The van der Waals surface area contributed by atoms with Crippen LogP contribution in [0.4, 0.5) is 10.3 Å². The summed E-state index contributed by atoms with van der Waals surface area (Å²) in [6.07, 6.45) is 0. The molecule has 6 nitrogen and oxygen atoms in total. The lowest BCUT2D eigenvalue weighted by Gasteiger charge is -2.24. The summed E-state index contributed by atoms with van der Waals surface area (Å²) in [6.45, 7) is 1.84. The molecule has 0 bridgehead atoms. The number of nitrogens with zero attached hydrogens (tertiary/aromatic N) is 3. The van der Waals surface area contributed by atoms with Crippen molar-refractivity contribution in [1.82, 2.24) is 20.1 Å². The quantitative estimate of drug-likeness (QED) is 0.875. The van der Waals surface area contributed by atoms with Gasteiger partial charge in [0.1, 0.15) is 5.82 Å². The summed E-state index contributed by atoms with van der Waals surface area (Å²) in [5.41, 5.74) is 6.18. The fourth-order valence-corrected chi connectivity index (χ4v) is 1.68. The van der Waals surface area contributed by atoms with Crippen LogP contribution in [0, 0.1) is 5.82 Å². The molecule has 100 valence electrons. The number of carbonyl (C=O) groups is 1. The number of aromatic nitrogens is 3. The molecule has 1 heterocycles. The number of anilines is 1. The zero-order chi connectivity index (χ0) is 14.0. The van der Waals surface area contributed by atoms with E-state index in [1.54, 1.807) is 19.2 Å². The van der Waals surface area contributed by atoms with Crippen LogP contribution in [-0.4, -0.2) is 33.0 Å². The normalized spacial score (nSPS) is 12.2. The van der Waals surface area contributed by atoms with Crippen molar-refractivity contribution in [1.29, 1.82) is 0 Å². The van der Waals surface area contributed by atoms with E-state index in [4.69, 9.17) is 5.73 Å². The summed E-state index contributed by atoms with van der Waals surface area (Å²) in [7, 11) is 1.63. The molecule has 2 aromatic rings. The van der Waals surface area contributed by atoms with Crippen LogP contribution < -0.4 is 5.73 Å². The van der Waals surface area contributed by atoms with Crippen molar-refractivity contribution in [3.05, 3.63) is 41.5 Å². The number of H-pyrrole nitrogens is 1. The van der Waals surface area contributed by atoms with E-state index in [0.29, 0.717) is 0 Å². The second kappa shape index (κ2) is 5.05. The molecule has 0 fully saturated rings. The molecule has 0 radical (unpaired) electrons. The van der Waals surface area contributed by atoms with Gasteiger partial charge in [-0.15, -0.1) is 5.10 Å². The van der Waals surface area contributed by atoms with E-state index in [2.05, 4.69) is 15.2 Å². The average Bonchev–Trinajstić information content (AvgIpc) is 2.84. The molecular formula is C12H14FN5O. The van der Waals surface area contributed by atoms with E-state index in [1.165, 1.54) is 17.0 Å². The SMILES string of the molecule is CC(c1ccc(F)cc1)N(C)C(=O)c1nc(N)n[nH]1. The Balaban J connectivity index is 2.16. The van der Waals surface area contributed by atoms with E-state index >= 15 is 0 Å². The van der Waals surface area contributed by atoms with Crippen molar-refractivity contribution in [2.24, 2.45) is 0 Å². The van der Waals surface area contributed by atoms with Gasteiger partial charge in [-0.2, -0.15) is 4.98 Å². The smallest absolute Gasteiger partial charge is 0.291 e. The third kappa shape index (κ3) is 2.70. The highest BCUT2D eigenvalue weighted by molar-refractivity contribution is 5.90. The first-order chi connectivity index (χ1) is 8.99. The van der Waals surface area contributed by atoms with Gasteiger partial charge in [0.05, 0.1) is 6.04 Å². The fraction of sp³-hybridized carbons (Fsp3) is 0.250. The van der Waals surface area contributed by atoms with E-state index in [1.807, 2.05) is 6.92 Å². The number of halogens is 1. The molecule has 0 aliphatic rings. The maximum Gasteiger partial charge on any atom is 0.291 e. The molecule has 0 aliphatic heterocycles. The van der Waals surface area contributed by atoms with Crippen LogP contribution in [0.25, 0.3) is 0 Å². The van der Waals surface area contributed by atoms with Gasteiger partial charge < -0.3 is 10.6 Å². The number of hydrogen-bond acceptors (Lipinski definition) is 4. The van der Waals surface area contributed by atoms with Gasteiger partial charge in [0, 0.05) is 7.05 Å². The number of hydrogen-bond donors (Lipinski definition) is 2. The number of rotatable bonds is 3. The molecule has 1 unspecified atom stereocenters. The zero-order valence-electron chi connectivity index (χ0n) is 10.6. The first kappa shape index (κ1) is 13.0. The Bertz CT molecular complexity index is 580. The molecule has 0 spiro atoms. The average molecular weight is 263 g/mol. The number of nitrogens with two attached hydrogens (primary N) is 1. The molecule has 19 heavy (non-hydrogen) atoms. The minimum atomic E-state index is -0.332. The standard InChI is InChI=1S/C12H14FN5O/c1-7(8-3-5-9(13)6-4-8)18(2)11(19)10-15-12(14)17-16-10/h3-7H,1-2H3,(H3,14,15,16,17). The van der Waals surface area contributed by atoms with E-state index < -0.39 is 0 Å². The third-order valence-corrected chi connectivity index (χ3v) is 2.96. The van der Waals surface area contributed by atoms with Gasteiger partial charge >= 0.3 is 0 Å². The lowest BCUT2D eigenvalue weighted by Crippen LogP contribution is -2.30. The van der Waals surface area contributed by atoms with Gasteiger partial charge in [-0.05, 0) is 24.6 Å². The first-order valence-corrected chi connectivity index (χ1v) is 5.69.